The van der Waals surface area contributed by atoms with Crippen LogP contribution in [0.2, 0.25) is 0 Å². The number of hydrogen-bond donors (Lipinski definition) is 3. The molecule has 0 unspecified atom stereocenters. The maximum absolute atomic E-state index is 13.7. The number of carbonyl (C=O) groups is 3. The van der Waals surface area contributed by atoms with Gasteiger partial charge in [-0.15, -0.1) is 0 Å². The fourth-order valence-corrected chi connectivity index (χ4v) is 5.21. The topological polar surface area (TPSA) is 113 Å². The summed E-state index contributed by atoms with van der Waals surface area (Å²) in [4.78, 5) is 37.1. The summed E-state index contributed by atoms with van der Waals surface area (Å²) in [5, 5.41) is 12.0. The van der Waals surface area contributed by atoms with Gasteiger partial charge in [0.25, 0.3) is 5.91 Å². The van der Waals surface area contributed by atoms with E-state index in [0.29, 0.717) is 18.7 Å². The van der Waals surface area contributed by atoms with Gasteiger partial charge in [-0.2, -0.15) is 26.3 Å². The lowest BCUT2D eigenvalue weighted by molar-refractivity contribution is -0.192. The van der Waals surface area contributed by atoms with Gasteiger partial charge < -0.3 is 21.1 Å². The van der Waals surface area contributed by atoms with Crippen molar-refractivity contribution < 1.29 is 45.8 Å². The van der Waals surface area contributed by atoms with Crippen LogP contribution in [0.15, 0.2) is 121 Å². The zero-order chi connectivity index (χ0) is 37.9. The van der Waals surface area contributed by atoms with Gasteiger partial charge in [0.15, 0.2) is 0 Å². The number of carboxylic acids is 1. The highest BCUT2D eigenvalue weighted by atomic mass is 19.4. The van der Waals surface area contributed by atoms with Crippen LogP contribution in [0.1, 0.15) is 32.6 Å². The number of aliphatic carboxylic acids is 1. The molecule has 0 atom stereocenters. The first-order valence-corrected chi connectivity index (χ1v) is 15.7. The number of carboxylic acid groups (broad SMARTS) is 1. The van der Waals surface area contributed by atoms with E-state index < -0.39 is 23.9 Å². The van der Waals surface area contributed by atoms with Crippen LogP contribution in [0, 0.1) is 0 Å². The molecule has 0 aliphatic rings. The lowest BCUT2D eigenvalue weighted by atomic mass is 9.97. The van der Waals surface area contributed by atoms with Gasteiger partial charge >= 0.3 is 18.3 Å². The molecule has 0 saturated carbocycles. The Kier molecular flexibility index (Phi) is 12.9. The molecule has 4 N–H and O–H groups in total. The molecule has 0 aliphatic carbocycles. The van der Waals surface area contributed by atoms with E-state index in [9.17, 15) is 35.9 Å². The van der Waals surface area contributed by atoms with E-state index in [1.54, 1.807) is 17.0 Å². The smallest absolute Gasteiger partial charge is 0.475 e. The molecule has 0 fully saturated rings. The van der Waals surface area contributed by atoms with Crippen molar-refractivity contribution in [2.45, 2.75) is 25.4 Å². The Morgan fingerprint density at radius 1 is 0.769 bits per heavy atom. The SMILES string of the molecule is NCCNC(=O)c1ccccc1-c1cccc(CN(Cc2cccc3ccccc23)C(=O)C=Cc2cccc(C(F)(F)F)c2)c1.O=C(O)C(F)(F)F. The first kappa shape index (κ1) is 38.8. The van der Waals surface area contributed by atoms with Crippen LogP contribution >= 0.6 is 0 Å². The standard InChI is InChI=1S/C37H32F3N3O2.C2HF3O2/c38-37(39,40)31-14-6-8-26(23-31)18-19-35(44)43(25-30-13-7-11-28-10-1-2-15-32(28)30)24-27-9-5-12-29(22-27)33-16-3-4-17-34(33)36(45)42-21-20-41;3-2(4,5)1(6)7/h1-19,22-23H,20-21,24-25,41H2,(H,42,45);(H,6,7). The maximum atomic E-state index is 13.7. The Morgan fingerprint density at radius 2 is 1.42 bits per heavy atom. The molecule has 7 nitrogen and oxygen atoms in total. The predicted molar refractivity (Wildman–Crippen MR) is 186 cm³/mol. The lowest BCUT2D eigenvalue weighted by Gasteiger charge is -2.23. The van der Waals surface area contributed by atoms with Crippen LogP contribution in [-0.4, -0.2) is 47.1 Å². The molecule has 0 aromatic heterocycles. The van der Waals surface area contributed by atoms with Crippen molar-refractivity contribution in [1.82, 2.24) is 10.2 Å². The van der Waals surface area contributed by atoms with Crippen LogP contribution in [0.5, 0.6) is 0 Å². The van der Waals surface area contributed by atoms with E-state index in [1.807, 2.05) is 78.9 Å². The van der Waals surface area contributed by atoms with E-state index in [4.69, 9.17) is 15.6 Å². The molecule has 2 amide bonds. The minimum absolute atomic E-state index is 0.227. The number of halogens is 6. The Balaban J connectivity index is 0.000000785. The van der Waals surface area contributed by atoms with Gasteiger partial charge in [0.1, 0.15) is 0 Å². The number of fused-ring (bicyclic) bond motifs is 1. The molecular formula is C39H33F6N3O4. The molecule has 0 saturated heterocycles. The summed E-state index contributed by atoms with van der Waals surface area (Å²) in [6.07, 6.45) is -6.86. The maximum Gasteiger partial charge on any atom is 0.490 e. The van der Waals surface area contributed by atoms with Crippen molar-refractivity contribution in [3.63, 3.8) is 0 Å². The van der Waals surface area contributed by atoms with Crippen molar-refractivity contribution in [3.8, 4) is 11.1 Å². The van der Waals surface area contributed by atoms with E-state index >= 15 is 0 Å². The first-order chi connectivity index (χ1) is 24.7. The molecule has 5 aromatic rings. The Bertz CT molecular complexity index is 2060. The Hall–Kier alpha value is -5.95. The van der Waals surface area contributed by atoms with Crippen molar-refractivity contribution in [3.05, 3.63) is 149 Å². The summed E-state index contributed by atoms with van der Waals surface area (Å²) in [6.45, 7) is 1.18. The average molecular weight is 722 g/mol. The molecule has 13 heteroatoms. The summed E-state index contributed by atoms with van der Waals surface area (Å²) in [5.74, 6) is -3.34. The van der Waals surface area contributed by atoms with E-state index in [0.717, 1.165) is 45.2 Å². The van der Waals surface area contributed by atoms with Crippen molar-refractivity contribution >= 4 is 34.6 Å². The molecule has 270 valence electrons. The largest absolute Gasteiger partial charge is 0.490 e. The minimum Gasteiger partial charge on any atom is -0.475 e. The van der Waals surface area contributed by atoms with Gasteiger partial charge in [0.05, 0.1) is 5.56 Å². The summed E-state index contributed by atoms with van der Waals surface area (Å²) in [5.41, 5.74) is 8.88. The zero-order valence-corrected chi connectivity index (χ0v) is 27.4. The quantitative estimate of drug-likeness (QED) is 0.0998. The molecule has 0 bridgehead atoms. The summed E-state index contributed by atoms with van der Waals surface area (Å²) in [6, 6.07) is 33.6. The molecule has 5 rings (SSSR count). The molecule has 5 aromatic carbocycles. The van der Waals surface area contributed by atoms with Crippen LogP contribution in [0.4, 0.5) is 26.3 Å². The number of alkyl halides is 6. The zero-order valence-electron chi connectivity index (χ0n) is 27.4. The third kappa shape index (κ3) is 10.8. The van der Waals surface area contributed by atoms with E-state index in [-0.39, 0.29) is 30.5 Å². The monoisotopic (exact) mass is 721 g/mol. The number of amides is 2. The molecule has 52 heavy (non-hydrogen) atoms. The Morgan fingerprint density at radius 3 is 2.13 bits per heavy atom. The van der Waals surface area contributed by atoms with E-state index in [2.05, 4.69) is 5.32 Å². The van der Waals surface area contributed by atoms with Crippen LogP contribution in [0.3, 0.4) is 0 Å². The molecule has 0 aliphatic heterocycles. The number of carbonyl (C=O) groups excluding carboxylic acids is 2. The normalized spacial score (nSPS) is 11.5. The second-order valence-electron chi connectivity index (χ2n) is 11.4. The highest BCUT2D eigenvalue weighted by Gasteiger charge is 2.38. The Labute approximate surface area is 295 Å². The average Bonchev–Trinajstić information content (AvgIpc) is 3.12. The fraction of sp³-hybridized carbons (Fsp3) is 0.154. The van der Waals surface area contributed by atoms with Crippen LogP contribution < -0.4 is 11.1 Å². The van der Waals surface area contributed by atoms with Gasteiger partial charge in [-0.1, -0.05) is 91.0 Å². The highest BCUT2D eigenvalue weighted by Crippen LogP contribution is 2.30. The van der Waals surface area contributed by atoms with Crippen molar-refractivity contribution in [2.24, 2.45) is 5.73 Å². The van der Waals surface area contributed by atoms with Crippen LogP contribution in [-0.2, 0) is 28.9 Å². The second-order valence-corrected chi connectivity index (χ2v) is 11.4. The first-order valence-electron chi connectivity index (χ1n) is 15.7. The minimum atomic E-state index is -5.08. The summed E-state index contributed by atoms with van der Waals surface area (Å²) >= 11 is 0. The van der Waals surface area contributed by atoms with Crippen LogP contribution in [0.25, 0.3) is 28.0 Å². The number of nitrogens with two attached hydrogens (primary N) is 1. The van der Waals surface area contributed by atoms with Gasteiger partial charge in [-0.05, 0) is 68.9 Å². The summed E-state index contributed by atoms with van der Waals surface area (Å²) in [7, 11) is 0. The number of hydrogen-bond acceptors (Lipinski definition) is 4. The van der Waals surface area contributed by atoms with Crippen molar-refractivity contribution in [2.75, 3.05) is 13.1 Å². The number of benzene rings is 5. The molecular weight excluding hydrogens is 688 g/mol. The third-order valence-electron chi connectivity index (χ3n) is 7.64. The predicted octanol–water partition coefficient (Wildman–Crippen LogP) is 8.09. The van der Waals surface area contributed by atoms with Gasteiger partial charge in [0.2, 0.25) is 5.91 Å². The van der Waals surface area contributed by atoms with E-state index in [1.165, 1.54) is 24.3 Å². The molecule has 0 spiro atoms. The lowest BCUT2D eigenvalue weighted by Crippen LogP contribution is -2.29. The molecule has 0 heterocycles. The third-order valence-corrected chi connectivity index (χ3v) is 7.64. The fourth-order valence-electron chi connectivity index (χ4n) is 5.21. The van der Waals surface area contributed by atoms with Gasteiger partial charge in [-0.25, -0.2) is 4.79 Å². The number of nitrogens with one attached hydrogen (secondary N) is 1. The van der Waals surface area contributed by atoms with Crippen molar-refractivity contribution in [1.29, 1.82) is 0 Å². The molecule has 0 radical (unpaired) electrons. The number of nitrogens with zero attached hydrogens (tertiary/aromatic N) is 1. The van der Waals surface area contributed by atoms with Gasteiger partial charge in [-0.3, -0.25) is 9.59 Å². The highest BCUT2D eigenvalue weighted by molar-refractivity contribution is 6.01. The second kappa shape index (κ2) is 17.3. The number of rotatable bonds is 10. The van der Waals surface area contributed by atoms with Gasteiger partial charge in [0, 0.05) is 37.8 Å². The summed E-state index contributed by atoms with van der Waals surface area (Å²) < 4.78 is 71.5.